The summed E-state index contributed by atoms with van der Waals surface area (Å²) in [4.78, 5) is 30.9. The number of piperazine rings is 1. The van der Waals surface area contributed by atoms with Gasteiger partial charge in [-0.3, -0.25) is 19.4 Å². The van der Waals surface area contributed by atoms with E-state index >= 15 is 0 Å². The largest absolute Gasteiger partial charge is 0.372 e. The minimum Gasteiger partial charge on any atom is -0.372 e. The Morgan fingerprint density at radius 2 is 1.80 bits per heavy atom. The Morgan fingerprint density at radius 3 is 2.36 bits per heavy atom. The number of carbonyl (C=O) groups is 2. The van der Waals surface area contributed by atoms with E-state index in [1.165, 1.54) is 0 Å². The van der Waals surface area contributed by atoms with Crippen molar-refractivity contribution in [3.63, 3.8) is 0 Å². The summed E-state index contributed by atoms with van der Waals surface area (Å²) in [7, 11) is 0. The third-order valence-electron chi connectivity index (χ3n) is 4.85. The predicted octanol–water partition coefficient (Wildman–Crippen LogP) is -0.0695. The molecule has 0 radical (unpaired) electrons. The molecule has 0 aromatic heterocycles. The topological polar surface area (TPSA) is 65.1 Å². The van der Waals surface area contributed by atoms with E-state index in [1.807, 2.05) is 25.7 Å². The van der Waals surface area contributed by atoms with E-state index in [1.54, 1.807) is 6.08 Å². The molecule has 2 heterocycles. The maximum Gasteiger partial charge on any atom is 0.239 e. The quantitative estimate of drug-likeness (QED) is 0.678. The lowest BCUT2D eigenvalue weighted by Crippen LogP contribution is -2.58. The van der Waals surface area contributed by atoms with Crippen molar-refractivity contribution in [2.45, 2.75) is 39.0 Å². The Hall–Kier alpha value is -1.44. The second-order valence-electron chi connectivity index (χ2n) is 7.08. The number of amides is 2. The maximum atomic E-state index is 12.8. The van der Waals surface area contributed by atoms with Crippen LogP contribution in [0, 0.1) is 0 Å². The fourth-order valence-electron chi connectivity index (χ4n) is 3.53. The van der Waals surface area contributed by atoms with Crippen LogP contribution in [0.3, 0.4) is 0 Å². The third-order valence-corrected chi connectivity index (χ3v) is 4.85. The van der Waals surface area contributed by atoms with E-state index in [4.69, 9.17) is 4.74 Å². The predicted molar refractivity (Wildman–Crippen MR) is 97.3 cm³/mol. The molecule has 0 spiro atoms. The summed E-state index contributed by atoms with van der Waals surface area (Å²) in [6, 6.07) is -0.130. The Kier molecular flexibility index (Phi) is 7.40. The van der Waals surface area contributed by atoms with Crippen molar-refractivity contribution in [2.75, 3.05) is 52.4 Å². The number of ether oxygens (including phenoxy) is 1. The molecule has 1 N–H and O–H groups in total. The normalized spacial score (nSPS) is 26.9. The number of carbonyl (C=O) groups excluding carboxylic acids is 2. The molecular weight excluding hydrogens is 320 g/mol. The molecule has 2 aliphatic heterocycles. The number of hydrogen-bond donors (Lipinski definition) is 1. The van der Waals surface area contributed by atoms with Crippen molar-refractivity contribution in [3.05, 3.63) is 12.7 Å². The number of hydrogen-bond acceptors (Lipinski definition) is 5. The van der Waals surface area contributed by atoms with Gasteiger partial charge in [-0.05, 0) is 20.8 Å². The summed E-state index contributed by atoms with van der Waals surface area (Å²) < 4.78 is 5.71. The number of nitrogens with zero attached hydrogens (tertiary/aromatic N) is 3. The van der Waals surface area contributed by atoms with Gasteiger partial charge in [-0.2, -0.15) is 0 Å². The van der Waals surface area contributed by atoms with Gasteiger partial charge >= 0.3 is 0 Å². The molecule has 3 unspecified atom stereocenters. The van der Waals surface area contributed by atoms with E-state index in [9.17, 15) is 9.59 Å². The number of morpholine rings is 1. The van der Waals surface area contributed by atoms with Crippen LogP contribution in [0.25, 0.3) is 0 Å². The fourth-order valence-corrected chi connectivity index (χ4v) is 3.53. The van der Waals surface area contributed by atoms with Crippen molar-refractivity contribution < 1.29 is 14.3 Å². The van der Waals surface area contributed by atoms with Gasteiger partial charge in [-0.1, -0.05) is 6.08 Å². The molecule has 0 aromatic rings. The van der Waals surface area contributed by atoms with Gasteiger partial charge in [0.2, 0.25) is 11.8 Å². The third kappa shape index (κ3) is 5.80. The van der Waals surface area contributed by atoms with Crippen LogP contribution in [0.5, 0.6) is 0 Å². The van der Waals surface area contributed by atoms with Crippen molar-refractivity contribution in [3.8, 4) is 0 Å². The lowest BCUT2D eigenvalue weighted by atomic mass is 10.1. The van der Waals surface area contributed by atoms with E-state index < -0.39 is 0 Å². The van der Waals surface area contributed by atoms with Crippen LogP contribution in [0.4, 0.5) is 0 Å². The minimum atomic E-state index is -0.130. The van der Waals surface area contributed by atoms with Crippen LogP contribution >= 0.6 is 0 Å². The Morgan fingerprint density at radius 1 is 1.20 bits per heavy atom. The van der Waals surface area contributed by atoms with Gasteiger partial charge in [0, 0.05) is 45.8 Å². The highest BCUT2D eigenvalue weighted by molar-refractivity contribution is 5.81. The molecule has 2 aliphatic rings. The fraction of sp³-hybridized carbons (Fsp3) is 0.778. The zero-order valence-electron chi connectivity index (χ0n) is 15.7. The zero-order chi connectivity index (χ0) is 18.4. The summed E-state index contributed by atoms with van der Waals surface area (Å²) >= 11 is 0. The van der Waals surface area contributed by atoms with Gasteiger partial charge in [0.1, 0.15) is 0 Å². The Labute approximate surface area is 151 Å². The Balaban J connectivity index is 1.78. The summed E-state index contributed by atoms with van der Waals surface area (Å²) in [5, 5.41) is 2.80. The molecule has 0 aromatic carbocycles. The smallest absolute Gasteiger partial charge is 0.239 e. The first kappa shape index (κ1) is 19.9. The van der Waals surface area contributed by atoms with Crippen LogP contribution in [0.15, 0.2) is 12.7 Å². The second kappa shape index (κ2) is 9.31. The number of rotatable bonds is 6. The highest BCUT2D eigenvalue weighted by Crippen LogP contribution is 2.15. The van der Waals surface area contributed by atoms with Crippen LogP contribution in [-0.4, -0.2) is 97.1 Å². The molecule has 3 atom stereocenters. The molecule has 7 heteroatoms. The van der Waals surface area contributed by atoms with Gasteiger partial charge in [0.25, 0.3) is 0 Å². The highest BCUT2D eigenvalue weighted by atomic mass is 16.5. The van der Waals surface area contributed by atoms with E-state index in [0.717, 1.165) is 26.2 Å². The van der Waals surface area contributed by atoms with Crippen molar-refractivity contribution in [1.82, 2.24) is 20.0 Å². The molecule has 2 fully saturated rings. The van der Waals surface area contributed by atoms with Gasteiger partial charge in [-0.25, -0.2) is 0 Å². The SMILES string of the molecule is C=CCNC(=O)CN1CCN(C(C)C(=O)N2CC(C)OC(C)C2)CC1. The van der Waals surface area contributed by atoms with Gasteiger partial charge < -0.3 is 15.0 Å². The highest BCUT2D eigenvalue weighted by Gasteiger charge is 2.32. The zero-order valence-corrected chi connectivity index (χ0v) is 15.7. The lowest BCUT2D eigenvalue weighted by molar-refractivity contribution is -0.149. The average Bonchev–Trinajstić information content (AvgIpc) is 2.58. The average molecular weight is 352 g/mol. The van der Waals surface area contributed by atoms with Gasteiger partial charge in [0.15, 0.2) is 0 Å². The molecular formula is C18H32N4O3. The van der Waals surface area contributed by atoms with Crippen LogP contribution < -0.4 is 5.32 Å². The van der Waals surface area contributed by atoms with Crippen LogP contribution in [-0.2, 0) is 14.3 Å². The monoisotopic (exact) mass is 352 g/mol. The molecule has 0 saturated carbocycles. The first-order valence-corrected chi connectivity index (χ1v) is 9.19. The molecule has 0 aliphatic carbocycles. The summed E-state index contributed by atoms with van der Waals surface area (Å²) in [5.41, 5.74) is 0. The standard InChI is InChI=1S/C18H32N4O3/c1-5-6-19-17(23)13-20-7-9-21(10-8-20)16(4)18(24)22-11-14(2)25-15(3)12-22/h5,14-16H,1,6-13H2,2-4H3,(H,19,23). The minimum absolute atomic E-state index is 0.0220. The van der Waals surface area contributed by atoms with Gasteiger partial charge in [-0.15, -0.1) is 6.58 Å². The molecule has 2 amide bonds. The molecule has 2 saturated heterocycles. The first-order chi connectivity index (χ1) is 11.9. The van der Waals surface area contributed by atoms with Crippen LogP contribution in [0.2, 0.25) is 0 Å². The Bertz CT molecular complexity index is 467. The molecule has 25 heavy (non-hydrogen) atoms. The molecule has 2 rings (SSSR count). The first-order valence-electron chi connectivity index (χ1n) is 9.19. The molecule has 0 bridgehead atoms. The summed E-state index contributed by atoms with van der Waals surface area (Å²) in [6.07, 6.45) is 1.85. The number of nitrogens with one attached hydrogen (secondary N) is 1. The maximum absolute atomic E-state index is 12.8. The summed E-state index contributed by atoms with van der Waals surface area (Å²) in [5.74, 6) is 0.202. The lowest BCUT2D eigenvalue weighted by Gasteiger charge is -2.41. The van der Waals surface area contributed by atoms with E-state index in [-0.39, 0.29) is 30.1 Å². The molecule has 142 valence electrons. The van der Waals surface area contributed by atoms with E-state index in [2.05, 4.69) is 21.7 Å². The summed E-state index contributed by atoms with van der Waals surface area (Å²) in [6.45, 7) is 15.0. The van der Waals surface area contributed by atoms with Crippen LogP contribution in [0.1, 0.15) is 20.8 Å². The molecule has 7 nitrogen and oxygen atoms in total. The van der Waals surface area contributed by atoms with E-state index in [0.29, 0.717) is 26.2 Å². The second-order valence-corrected chi connectivity index (χ2v) is 7.08. The van der Waals surface area contributed by atoms with Crippen molar-refractivity contribution in [1.29, 1.82) is 0 Å². The van der Waals surface area contributed by atoms with Crippen molar-refractivity contribution >= 4 is 11.8 Å². The van der Waals surface area contributed by atoms with Gasteiger partial charge in [0.05, 0.1) is 24.8 Å². The van der Waals surface area contributed by atoms with Crippen molar-refractivity contribution in [2.24, 2.45) is 0 Å².